The lowest BCUT2D eigenvalue weighted by Gasteiger charge is -2.33. The van der Waals surface area contributed by atoms with Gasteiger partial charge in [0.2, 0.25) is 0 Å². The summed E-state index contributed by atoms with van der Waals surface area (Å²) in [5.41, 5.74) is 12.7. The molecule has 0 fully saturated rings. The van der Waals surface area contributed by atoms with Crippen molar-refractivity contribution < 1.29 is 0 Å². The Morgan fingerprint density at radius 1 is 0.317 bits per heavy atom. The maximum absolute atomic E-state index is 5.11. The van der Waals surface area contributed by atoms with Gasteiger partial charge in [-0.3, -0.25) is 0 Å². The van der Waals surface area contributed by atoms with Crippen LogP contribution >= 0.6 is 11.3 Å². The first-order valence-electron chi connectivity index (χ1n) is 20.4. The molecule has 280 valence electrons. The molecule has 11 aromatic rings. The Morgan fingerprint density at radius 3 is 1.47 bits per heavy atom. The van der Waals surface area contributed by atoms with Crippen LogP contribution in [-0.4, -0.2) is 15.0 Å². The third-order valence-corrected chi connectivity index (χ3v) is 13.4. The third kappa shape index (κ3) is 5.24. The molecule has 0 saturated carbocycles. The van der Waals surface area contributed by atoms with Crippen molar-refractivity contribution in [1.82, 2.24) is 15.0 Å². The fourth-order valence-corrected chi connectivity index (χ4v) is 10.8. The number of nitrogens with zero attached hydrogens (tertiary/aromatic N) is 3. The van der Waals surface area contributed by atoms with E-state index in [0.717, 1.165) is 27.5 Å². The van der Waals surface area contributed by atoms with Crippen molar-refractivity contribution in [2.24, 2.45) is 0 Å². The molecule has 0 saturated heterocycles. The van der Waals surface area contributed by atoms with Crippen LogP contribution in [0.1, 0.15) is 22.3 Å². The van der Waals surface area contributed by atoms with Gasteiger partial charge in [0.05, 0.1) is 5.41 Å². The summed E-state index contributed by atoms with van der Waals surface area (Å²) >= 11 is 1.88. The van der Waals surface area contributed by atoms with Gasteiger partial charge in [0.15, 0.2) is 17.5 Å². The van der Waals surface area contributed by atoms with Gasteiger partial charge >= 0.3 is 0 Å². The highest BCUT2D eigenvalue weighted by molar-refractivity contribution is 7.26. The molecule has 60 heavy (non-hydrogen) atoms. The fourth-order valence-electron chi connectivity index (χ4n) is 9.66. The minimum atomic E-state index is -0.441. The maximum atomic E-state index is 5.11. The van der Waals surface area contributed by atoms with Gasteiger partial charge in [-0.05, 0) is 67.4 Å². The van der Waals surface area contributed by atoms with E-state index >= 15 is 0 Å². The third-order valence-electron chi connectivity index (χ3n) is 12.2. The number of aromatic nitrogens is 3. The Kier molecular flexibility index (Phi) is 7.94. The van der Waals surface area contributed by atoms with Crippen molar-refractivity contribution in [2.75, 3.05) is 0 Å². The monoisotopic (exact) mass is 781 g/mol. The first-order chi connectivity index (χ1) is 29.8. The highest BCUT2D eigenvalue weighted by atomic mass is 32.1. The molecule has 9 aromatic carbocycles. The molecule has 0 N–H and O–H groups in total. The highest BCUT2D eigenvalue weighted by Gasteiger charge is 2.46. The SMILES string of the molecule is c1ccc(-c2nc(-c3ccccc3)nc(-c3cccc4c(-c5cccc6sc7cc(C8(c9ccccc9)c9ccccc9-c9ccccc98)ccc7c56)cccc34)n2)cc1. The lowest BCUT2D eigenvalue weighted by molar-refractivity contribution is 0.770. The topological polar surface area (TPSA) is 38.7 Å². The van der Waals surface area contributed by atoms with E-state index in [1.165, 1.54) is 64.7 Å². The lowest BCUT2D eigenvalue weighted by Crippen LogP contribution is -2.28. The van der Waals surface area contributed by atoms with Crippen LogP contribution < -0.4 is 0 Å². The molecule has 1 aliphatic carbocycles. The summed E-state index contributed by atoms with van der Waals surface area (Å²) in [4.78, 5) is 15.2. The summed E-state index contributed by atoms with van der Waals surface area (Å²) in [5.74, 6) is 1.96. The summed E-state index contributed by atoms with van der Waals surface area (Å²) < 4.78 is 2.55. The van der Waals surface area contributed by atoms with Crippen LogP contribution in [0, 0.1) is 0 Å². The minimum Gasteiger partial charge on any atom is -0.208 e. The van der Waals surface area contributed by atoms with E-state index in [0.29, 0.717) is 17.5 Å². The Balaban J connectivity index is 1.04. The molecule has 0 bridgehead atoms. The average Bonchev–Trinajstić information content (AvgIpc) is 3.86. The van der Waals surface area contributed by atoms with Crippen LogP contribution in [0.5, 0.6) is 0 Å². The summed E-state index contributed by atoms with van der Waals surface area (Å²) in [6.07, 6.45) is 0. The van der Waals surface area contributed by atoms with E-state index in [9.17, 15) is 0 Å². The zero-order chi connectivity index (χ0) is 39.6. The number of hydrogen-bond acceptors (Lipinski definition) is 4. The molecule has 0 atom stereocenters. The first kappa shape index (κ1) is 34.5. The molecule has 3 nitrogen and oxygen atoms in total. The van der Waals surface area contributed by atoms with E-state index in [1.54, 1.807) is 0 Å². The normalized spacial score (nSPS) is 12.8. The molecule has 0 spiro atoms. The molecule has 2 aromatic heterocycles. The Bertz CT molecular complexity index is 3330. The van der Waals surface area contributed by atoms with Crippen LogP contribution in [0.15, 0.2) is 212 Å². The van der Waals surface area contributed by atoms with Crippen molar-refractivity contribution in [3.05, 3.63) is 235 Å². The van der Waals surface area contributed by atoms with Crippen molar-refractivity contribution in [1.29, 1.82) is 0 Å². The van der Waals surface area contributed by atoms with Crippen LogP contribution in [0.25, 0.3) is 87.4 Å². The average molecular weight is 782 g/mol. The Labute approximate surface area is 352 Å². The maximum Gasteiger partial charge on any atom is 0.164 e. The number of thiophene rings is 1. The number of rotatable bonds is 6. The Morgan fingerprint density at radius 2 is 0.817 bits per heavy atom. The van der Waals surface area contributed by atoms with Gasteiger partial charge in [0, 0.05) is 36.9 Å². The summed E-state index contributed by atoms with van der Waals surface area (Å²) in [7, 11) is 0. The number of benzene rings is 9. The molecular weight excluding hydrogens is 747 g/mol. The van der Waals surface area contributed by atoms with Gasteiger partial charge in [0.25, 0.3) is 0 Å². The highest BCUT2D eigenvalue weighted by Crippen LogP contribution is 2.57. The predicted molar refractivity (Wildman–Crippen MR) is 249 cm³/mol. The number of fused-ring (bicyclic) bond motifs is 7. The van der Waals surface area contributed by atoms with Crippen molar-refractivity contribution in [3.63, 3.8) is 0 Å². The largest absolute Gasteiger partial charge is 0.208 e. The smallest absolute Gasteiger partial charge is 0.164 e. The van der Waals surface area contributed by atoms with E-state index in [2.05, 4.69) is 176 Å². The molecule has 0 amide bonds. The van der Waals surface area contributed by atoms with E-state index < -0.39 is 5.41 Å². The molecule has 1 aliphatic rings. The second-order valence-electron chi connectivity index (χ2n) is 15.4. The van der Waals surface area contributed by atoms with E-state index in [-0.39, 0.29) is 0 Å². The van der Waals surface area contributed by atoms with Gasteiger partial charge in [-0.15, -0.1) is 11.3 Å². The lowest BCUT2D eigenvalue weighted by atomic mass is 9.67. The summed E-state index contributed by atoms with van der Waals surface area (Å²) in [6.45, 7) is 0. The molecular formula is C56H35N3S. The van der Waals surface area contributed by atoms with Gasteiger partial charge in [0.1, 0.15) is 0 Å². The molecule has 0 aliphatic heterocycles. The second kappa shape index (κ2) is 13.8. The van der Waals surface area contributed by atoms with Crippen LogP contribution in [0.2, 0.25) is 0 Å². The second-order valence-corrected chi connectivity index (χ2v) is 16.5. The van der Waals surface area contributed by atoms with E-state index in [4.69, 9.17) is 15.0 Å². The van der Waals surface area contributed by atoms with Crippen molar-refractivity contribution >= 4 is 42.3 Å². The zero-order valence-corrected chi connectivity index (χ0v) is 33.3. The molecule has 0 radical (unpaired) electrons. The van der Waals surface area contributed by atoms with E-state index in [1.807, 2.05) is 47.7 Å². The van der Waals surface area contributed by atoms with Gasteiger partial charge < -0.3 is 0 Å². The van der Waals surface area contributed by atoms with Crippen LogP contribution in [0.4, 0.5) is 0 Å². The van der Waals surface area contributed by atoms with Gasteiger partial charge in [-0.2, -0.15) is 0 Å². The number of hydrogen-bond donors (Lipinski definition) is 0. The standard InChI is InChI=1S/C56H35N3S/c1-4-17-36(18-5-1)53-57-54(37-19-6-2-7-20-37)59-55(58-53)46-29-15-25-40-41(26-14-27-42(40)46)45-28-16-32-50-52(45)47-34-33-39(35-51(47)60-50)56(38-21-8-3-9-22-38)48-30-12-10-23-43(48)44-24-11-13-31-49(44)56/h1-35H. The predicted octanol–water partition coefficient (Wildman–Crippen LogP) is 14.4. The minimum absolute atomic E-state index is 0.441. The van der Waals surface area contributed by atoms with Crippen LogP contribution in [0.3, 0.4) is 0 Å². The van der Waals surface area contributed by atoms with Gasteiger partial charge in [-0.1, -0.05) is 200 Å². The molecule has 4 heteroatoms. The molecule has 2 heterocycles. The van der Waals surface area contributed by atoms with Gasteiger partial charge in [-0.25, -0.2) is 15.0 Å². The zero-order valence-electron chi connectivity index (χ0n) is 32.5. The first-order valence-corrected chi connectivity index (χ1v) is 21.2. The fraction of sp³-hybridized carbons (Fsp3) is 0.0179. The van der Waals surface area contributed by atoms with Crippen molar-refractivity contribution in [3.8, 4) is 56.4 Å². The van der Waals surface area contributed by atoms with Crippen molar-refractivity contribution in [2.45, 2.75) is 5.41 Å². The Hall–Kier alpha value is -7.53. The van der Waals surface area contributed by atoms with Crippen LogP contribution in [-0.2, 0) is 5.41 Å². The summed E-state index contributed by atoms with van der Waals surface area (Å²) in [6, 6.07) is 76.4. The molecule has 0 unspecified atom stereocenters. The molecule has 12 rings (SSSR count). The summed E-state index contributed by atoms with van der Waals surface area (Å²) in [5, 5.41) is 4.80. The quantitative estimate of drug-likeness (QED) is 0.169.